The summed E-state index contributed by atoms with van der Waals surface area (Å²) < 4.78 is 32.3. The zero-order valence-corrected chi connectivity index (χ0v) is 11.9. The van der Waals surface area contributed by atoms with E-state index in [1.54, 1.807) is 0 Å². The minimum atomic E-state index is -4.66. The van der Waals surface area contributed by atoms with Crippen LogP contribution in [0.3, 0.4) is 0 Å². The maximum absolute atomic E-state index is 10.8. The van der Waals surface area contributed by atoms with Gasteiger partial charge >= 0.3 is 29.6 Å². The van der Waals surface area contributed by atoms with Gasteiger partial charge in [0.25, 0.3) is 5.69 Å². The predicted octanol–water partition coefficient (Wildman–Crippen LogP) is -1.88. The Balaban J connectivity index is 0.00000225. The Morgan fingerprint density at radius 3 is 2.06 bits per heavy atom. The Labute approximate surface area is 115 Å². The summed E-state index contributed by atoms with van der Waals surface area (Å²) in [6, 6.07) is 2.11. The van der Waals surface area contributed by atoms with E-state index in [1.165, 1.54) is 19.9 Å². The maximum atomic E-state index is 10.8. The first kappa shape index (κ1) is 15.5. The van der Waals surface area contributed by atoms with E-state index < -0.39 is 19.9 Å². The summed E-state index contributed by atoms with van der Waals surface area (Å²) in [6.45, 7) is 2.90. The fraction of sp³-hybridized carbons (Fsp3) is 0.250. The Kier molecular flexibility index (Phi) is 5.09. The normalized spacial score (nSPS) is 10.7. The van der Waals surface area contributed by atoms with Crippen LogP contribution in [0, 0.1) is 24.0 Å². The van der Waals surface area contributed by atoms with Gasteiger partial charge in [0.05, 0.1) is 9.82 Å². The van der Waals surface area contributed by atoms with Gasteiger partial charge in [0, 0.05) is 11.6 Å². The van der Waals surface area contributed by atoms with Gasteiger partial charge in [-0.3, -0.25) is 10.1 Å². The van der Waals surface area contributed by atoms with Gasteiger partial charge in [-0.1, -0.05) is 0 Å². The molecular formula is C8H8NNaO5S. The third kappa shape index (κ3) is 3.26. The fourth-order valence-corrected chi connectivity index (χ4v) is 2.00. The third-order valence-electron chi connectivity index (χ3n) is 1.96. The molecule has 0 aliphatic carbocycles. The number of nitro benzene ring substituents is 1. The Hall–Kier alpha value is -0.470. The molecule has 1 aromatic rings. The molecule has 0 spiro atoms. The van der Waals surface area contributed by atoms with E-state index in [4.69, 9.17) is 0 Å². The van der Waals surface area contributed by atoms with Gasteiger partial charge < -0.3 is 4.55 Å². The van der Waals surface area contributed by atoms with Crippen molar-refractivity contribution in [3.63, 3.8) is 0 Å². The Morgan fingerprint density at radius 1 is 1.19 bits per heavy atom. The number of aryl methyl sites for hydroxylation is 2. The van der Waals surface area contributed by atoms with Crippen molar-refractivity contribution in [3.05, 3.63) is 33.4 Å². The molecule has 0 unspecified atom stereocenters. The van der Waals surface area contributed by atoms with E-state index >= 15 is 0 Å². The van der Waals surface area contributed by atoms with Gasteiger partial charge in [0.2, 0.25) is 0 Å². The summed E-state index contributed by atoms with van der Waals surface area (Å²) in [5.74, 6) is 0. The number of nitrogens with zero attached hydrogens (tertiary/aromatic N) is 1. The summed E-state index contributed by atoms with van der Waals surface area (Å²) in [5.41, 5.74) is 0.174. The smallest absolute Gasteiger partial charge is 0.744 e. The first-order valence-corrected chi connectivity index (χ1v) is 5.36. The first-order valence-electron chi connectivity index (χ1n) is 3.95. The van der Waals surface area contributed by atoms with Crippen LogP contribution in [0.25, 0.3) is 0 Å². The molecule has 82 valence electrons. The van der Waals surface area contributed by atoms with Crippen LogP contribution in [-0.4, -0.2) is 17.9 Å². The molecule has 0 aromatic heterocycles. The molecule has 0 radical (unpaired) electrons. The van der Waals surface area contributed by atoms with Crippen LogP contribution in [0.4, 0.5) is 5.69 Å². The van der Waals surface area contributed by atoms with Crippen LogP contribution < -0.4 is 29.6 Å². The zero-order chi connectivity index (χ0) is 11.8. The monoisotopic (exact) mass is 253 g/mol. The Morgan fingerprint density at radius 2 is 1.69 bits per heavy atom. The molecule has 6 nitrogen and oxygen atoms in total. The van der Waals surface area contributed by atoms with Crippen molar-refractivity contribution in [1.29, 1.82) is 0 Å². The van der Waals surface area contributed by atoms with Crippen LogP contribution in [0.1, 0.15) is 11.1 Å². The summed E-state index contributed by atoms with van der Waals surface area (Å²) >= 11 is 0. The molecule has 0 atom stereocenters. The van der Waals surface area contributed by atoms with E-state index in [0.29, 0.717) is 5.56 Å². The number of nitro groups is 1. The third-order valence-corrected chi connectivity index (χ3v) is 2.94. The molecule has 0 aliphatic rings. The van der Waals surface area contributed by atoms with Gasteiger partial charge in [-0.05, 0) is 25.5 Å². The van der Waals surface area contributed by atoms with E-state index in [-0.39, 0.29) is 40.8 Å². The molecule has 0 amide bonds. The van der Waals surface area contributed by atoms with Crippen LogP contribution in [0.2, 0.25) is 0 Å². The SMILES string of the molecule is Cc1cc(C)c(S(=O)(=O)[O-])cc1[N+](=O)[O-].[Na+]. The van der Waals surface area contributed by atoms with Gasteiger partial charge in [0.15, 0.2) is 0 Å². The second-order valence-corrected chi connectivity index (χ2v) is 4.46. The van der Waals surface area contributed by atoms with E-state index in [1.807, 2.05) is 0 Å². The van der Waals surface area contributed by atoms with Gasteiger partial charge in [-0.2, -0.15) is 0 Å². The van der Waals surface area contributed by atoms with Crippen molar-refractivity contribution in [3.8, 4) is 0 Å². The first-order chi connectivity index (χ1) is 6.73. The topological polar surface area (TPSA) is 100 Å². The van der Waals surface area contributed by atoms with Gasteiger partial charge in [-0.15, -0.1) is 0 Å². The van der Waals surface area contributed by atoms with Crippen molar-refractivity contribution in [2.45, 2.75) is 18.7 Å². The largest absolute Gasteiger partial charge is 1.00 e. The van der Waals surface area contributed by atoms with Crippen molar-refractivity contribution >= 4 is 15.8 Å². The minimum absolute atomic E-state index is 0. The fourth-order valence-electron chi connectivity index (χ4n) is 1.29. The standard InChI is InChI=1S/C8H9NO5S.Na/c1-5-3-6(2)8(15(12,13)14)4-7(5)9(10)11;/h3-4H,1-2H3,(H,12,13,14);/q;+1/p-1. The average Bonchev–Trinajstić information content (AvgIpc) is 2.00. The minimum Gasteiger partial charge on any atom is -0.744 e. The van der Waals surface area contributed by atoms with E-state index in [0.717, 1.165) is 6.07 Å². The summed E-state index contributed by atoms with van der Waals surface area (Å²) in [6.07, 6.45) is 0. The quantitative estimate of drug-likeness (QED) is 0.266. The zero-order valence-electron chi connectivity index (χ0n) is 9.05. The van der Waals surface area contributed by atoms with E-state index in [2.05, 4.69) is 0 Å². The van der Waals surface area contributed by atoms with Crippen molar-refractivity contribution in [2.75, 3.05) is 0 Å². The summed E-state index contributed by atoms with van der Waals surface area (Å²) in [7, 11) is -4.66. The number of hydrogen-bond donors (Lipinski definition) is 0. The summed E-state index contributed by atoms with van der Waals surface area (Å²) in [5, 5.41) is 10.5. The van der Waals surface area contributed by atoms with Gasteiger partial charge in [-0.25, -0.2) is 8.42 Å². The molecule has 0 saturated heterocycles. The van der Waals surface area contributed by atoms with Crippen LogP contribution in [0.15, 0.2) is 17.0 Å². The maximum Gasteiger partial charge on any atom is 1.00 e. The second kappa shape index (κ2) is 5.24. The molecule has 0 aliphatic heterocycles. The number of rotatable bonds is 2. The molecule has 0 N–H and O–H groups in total. The second-order valence-electron chi connectivity index (χ2n) is 3.12. The molecule has 1 rings (SSSR count). The molecule has 16 heavy (non-hydrogen) atoms. The molecule has 0 fully saturated rings. The molecule has 0 heterocycles. The molecule has 0 bridgehead atoms. The van der Waals surface area contributed by atoms with Crippen LogP contribution in [-0.2, 0) is 10.1 Å². The average molecular weight is 253 g/mol. The van der Waals surface area contributed by atoms with Crippen molar-refractivity contribution < 1.29 is 47.5 Å². The molecule has 1 aromatic carbocycles. The van der Waals surface area contributed by atoms with Gasteiger partial charge in [0.1, 0.15) is 10.1 Å². The van der Waals surface area contributed by atoms with E-state index in [9.17, 15) is 23.1 Å². The van der Waals surface area contributed by atoms with Crippen LogP contribution in [0.5, 0.6) is 0 Å². The van der Waals surface area contributed by atoms with Crippen molar-refractivity contribution in [2.24, 2.45) is 0 Å². The molecular weight excluding hydrogens is 245 g/mol. The van der Waals surface area contributed by atoms with Crippen molar-refractivity contribution in [1.82, 2.24) is 0 Å². The Bertz CT molecular complexity index is 525. The number of benzene rings is 1. The summed E-state index contributed by atoms with van der Waals surface area (Å²) in [4.78, 5) is 9.26. The molecule has 8 heteroatoms. The molecule has 0 saturated carbocycles. The number of hydrogen-bond acceptors (Lipinski definition) is 5. The van der Waals surface area contributed by atoms with Crippen LogP contribution >= 0.6 is 0 Å². The predicted molar refractivity (Wildman–Crippen MR) is 50.5 cm³/mol.